The van der Waals surface area contributed by atoms with Crippen LogP contribution in [-0.2, 0) is 14.3 Å². The van der Waals surface area contributed by atoms with Gasteiger partial charge in [0, 0.05) is 13.1 Å². The fraction of sp³-hybridized carbons (Fsp3) is 0.524. The summed E-state index contributed by atoms with van der Waals surface area (Å²) in [6.07, 6.45) is 1.74. The summed E-state index contributed by atoms with van der Waals surface area (Å²) in [7, 11) is 0. The number of hydrogen-bond donors (Lipinski definition) is 0. The highest BCUT2D eigenvalue weighted by Gasteiger charge is 2.44. The van der Waals surface area contributed by atoms with Crippen molar-refractivity contribution in [3.8, 4) is 0 Å². The molecular weight excluding hydrogens is 344 g/mol. The van der Waals surface area contributed by atoms with Crippen LogP contribution in [0.5, 0.6) is 0 Å². The quantitative estimate of drug-likeness (QED) is 0.815. The topological polar surface area (TPSA) is 59.1 Å². The molecule has 2 amide bonds. The molecule has 2 aliphatic heterocycles. The molecule has 0 spiro atoms. The maximum absolute atomic E-state index is 12.5. The fourth-order valence-corrected chi connectivity index (χ4v) is 3.24. The first-order valence-electron chi connectivity index (χ1n) is 9.29. The zero-order valence-corrected chi connectivity index (χ0v) is 16.5. The molecule has 0 atom stereocenters. The lowest BCUT2D eigenvalue weighted by Gasteiger charge is -2.47. The summed E-state index contributed by atoms with van der Waals surface area (Å²) >= 11 is 0. The van der Waals surface area contributed by atoms with Gasteiger partial charge < -0.3 is 19.3 Å². The molecule has 0 aromatic heterocycles. The summed E-state index contributed by atoms with van der Waals surface area (Å²) in [5.74, 6) is -0.0332. The second-order valence-corrected chi connectivity index (χ2v) is 8.44. The number of carbonyl (C=O) groups is 2. The predicted molar refractivity (Wildman–Crippen MR) is 103 cm³/mol. The van der Waals surface area contributed by atoms with Gasteiger partial charge in [-0.15, -0.1) is 0 Å². The van der Waals surface area contributed by atoms with Crippen LogP contribution in [0, 0.1) is 0 Å². The van der Waals surface area contributed by atoms with E-state index in [1.54, 1.807) is 9.80 Å². The number of likely N-dealkylation sites (tertiary alicyclic amines) is 1. The minimum atomic E-state index is -0.515. The monoisotopic (exact) mass is 372 g/mol. The number of amides is 2. The smallest absolute Gasteiger partial charge is 0.410 e. The number of benzene rings is 1. The van der Waals surface area contributed by atoms with Gasteiger partial charge in [0.05, 0.1) is 13.1 Å². The third kappa shape index (κ3) is 4.89. The van der Waals surface area contributed by atoms with E-state index in [-0.39, 0.29) is 18.6 Å². The average molecular weight is 372 g/mol. The summed E-state index contributed by atoms with van der Waals surface area (Å²) in [5, 5.41) is 0. The summed E-state index contributed by atoms with van der Waals surface area (Å²) < 4.78 is 11.2. The molecule has 0 unspecified atom stereocenters. The summed E-state index contributed by atoms with van der Waals surface area (Å²) in [5.41, 5.74) is 1.30. The van der Waals surface area contributed by atoms with E-state index >= 15 is 0 Å². The SMILES string of the molecule is CC(C)(C)OC(=O)N1CC(C)(OCC(=O)N2CC=C(c3ccccc3)C2)C1. The first kappa shape index (κ1) is 19.4. The molecule has 2 aliphatic rings. The van der Waals surface area contributed by atoms with E-state index in [0.29, 0.717) is 26.2 Å². The number of nitrogens with zero attached hydrogens (tertiary/aromatic N) is 2. The van der Waals surface area contributed by atoms with Crippen molar-refractivity contribution in [3.05, 3.63) is 42.0 Å². The lowest BCUT2D eigenvalue weighted by molar-refractivity contribution is -0.156. The van der Waals surface area contributed by atoms with Crippen LogP contribution < -0.4 is 0 Å². The van der Waals surface area contributed by atoms with Gasteiger partial charge in [-0.2, -0.15) is 0 Å². The van der Waals surface area contributed by atoms with E-state index in [9.17, 15) is 9.59 Å². The molecule has 6 nitrogen and oxygen atoms in total. The molecule has 146 valence electrons. The molecule has 0 radical (unpaired) electrons. The number of carbonyl (C=O) groups excluding carboxylic acids is 2. The molecular formula is C21H28N2O4. The van der Waals surface area contributed by atoms with Gasteiger partial charge in [-0.1, -0.05) is 36.4 Å². The Morgan fingerprint density at radius 3 is 2.41 bits per heavy atom. The van der Waals surface area contributed by atoms with Gasteiger partial charge in [-0.3, -0.25) is 4.79 Å². The van der Waals surface area contributed by atoms with Crippen molar-refractivity contribution >= 4 is 17.6 Å². The Labute approximate surface area is 160 Å². The average Bonchev–Trinajstić information content (AvgIpc) is 3.06. The van der Waals surface area contributed by atoms with Crippen molar-refractivity contribution < 1.29 is 19.1 Å². The van der Waals surface area contributed by atoms with E-state index in [0.717, 1.165) is 11.1 Å². The highest BCUT2D eigenvalue weighted by molar-refractivity contribution is 5.82. The maximum Gasteiger partial charge on any atom is 0.410 e. The molecule has 2 heterocycles. The summed E-state index contributed by atoms with van der Waals surface area (Å²) in [6.45, 7) is 9.53. The van der Waals surface area contributed by atoms with Gasteiger partial charge in [0.25, 0.3) is 0 Å². The van der Waals surface area contributed by atoms with Crippen LogP contribution in [0.15, 0.2) is 36.4 Å². The van der Waals surface area contributed by atoms with Gasteiger partial charge in [0.1, 0.15) is 17.8 Å². The van der Waals surface area contributed by atoms with Crippen LogP contribution in [-0.4, -0.2) is 65.8 Å². The normalized spacial score (nSPS) is 18.7. The second kappa shape index (κ2) is 7.35. The third-order valence-electron chi connectivity index (χ3n) is 4.66. The van der Waals surface area contributed by atoms with Crippen molar-refractivity contribution in [2.45, 2.75) is 38.9 Å². The minimum absolute atomic E-state index is 0.0224. The highest BCUT2D eigenvalue weighted by atomic mass is 16.6. The second-order valence-electron chi connectivity index (χ2n) is 8.44. The van der Waals surface area contributed by atoms with Crippen LogP contribution in [0.1, 0.15) is 33.3 Å². The van der Waals surface area contributed by atoms with Crippen molar-refractivity contribution in [1.82, 2.24) is 9.80 Å². The fourth-order valence-electron chi connectivity index (χ4n) is 3.24. The van der Waals surface area contributed by atoms with E-state index in [1.165, 1.54) is 0 Å². The largest absolute Gasteiger partial charge is 0.444 e. The molecule has 1 saturated heterocycles. The Morgan fingerprint density at radius 2 is 1.78 bits per heavy atom. The van der Waals surface area contributed by atoms with Crippen molar-refractivity contribution in [2.75, 3.05) is 32.8 Å². The van der Waals surface area contributed by atoms with Crippen LogP contribution >= 0.6 is 0 Å². The standard InChI is InChI=1S/C21H28N2O4/c1-20(2,3)27-19(25)23-14-21(4,15-23)26-13-18(24)22-11-10-17(12-22)16-8-6-5-7-9-16/h5-10H,11-15H2,1-4H3. The van der Waals surface area contributed by atoms with Crippen molar-refractivity contribution in [2.24, 2.45) is 0 Å². The highest BCUT2D eigenvalue weighted by Crippen LogP contribution is 2.27. The first-order valence-corrected chi connectivity index (χ1v) is 9.29. The molecule has 3 rings (SSSR count). The lowest BCUT2D eigenvalue weighted by atomic mass is 9.97. The molecule has 0 N–H and O–H groups in total. The Hall–Kier alpha value is -2.34. The van der Waals surface area contributed by atoms with E-state index in [4.69, 9.17) is 9.47 Å². The molecule has 1 aromatic rings. The van der Waals surface area contributed by atoms with Crippen LogP contribution in [0.3, 0.4) is 0 Å². The van der Waals surface area contributed by atoms with Gasteiger partial charge in [-0.05, 0) is 38.8 Å². The zero-order chi connectivity index (χ0) is 19.7. The molecule has 0 saturated carbocycles. The molecule has 0 aliphatic carbocycles. The Kier molecular flexibility index (Phi) is 5.29. The van der Waals surface area contributed by atoms with Gasteiger partial charge in [0.2, 0.25) is 5.91 Å². The Balaban J connectivity index is 1.42. The van der Waals surface area contributed by atoms with Crippen molar-refractivity contribution in [3.63, 3.8) is 0 Å². The molecule has 6 heteroatoms. The van der Waals surface area contributed by atoms with Crippen LogP contribution in [0.25, 0.3) is 5.57 Å². The number of rotatable bonds is 4. The summed E-state index contributed by atoms with van der Waals surface area (Å²) in [6, 6.07) is 10.1. The predicted octanol–water partition coefficient (Wildman–Crippen LogP) is 2.94. The zero-order valence-electron chi connectivity index (χ0n) is 16.5. The first-order chi connectivity index (χ1) is 12.7. The number of hydrogen-bond acceptors (Lipinski definition) is 4. The van der Waals surface area contributed by atoms with Gasteiger partial charge in [0.15, 0.2) is 0 Å². The summed E-state index contributed by atoms with van der Waals surface area (Å²) in [4.78, 5) is 27.9. The molecule has 1 aromatic carbocycles. The maximum atomic E-state index is 12.5. The third-order valence-corrected chi connectivity index (χ3v) is 4.66. The van der Waals surface area contributed by atoms with Gasteiger partial charge >= 0.3 is 6.09 Å². The van der Waals surface area contributed by atoms with E-state index in [1.807, 2.05) is 45.9 Å². The molecule has 0 bridgehead atoms. The minimum Gasteiger partial charge on any atom is -0.444 e. The van der Waals surface area contributed by atoms with E-state index in [2.05, 4.69) is 18.2 Å². The number of ether oxygens (including phenoxy) is 2. The van der Waals surface area contributed by atoms with Gasteiger partial charge in [-0.25, -0.2) is 4.79 Å². The Morgan fingerprint density at radius 1 is 1.11 bits per heavy atom. The van der Waals surface area contributed by atoms with Crippen LogP contribution in [0.2, 0.25) is 0 Å². The molecule has 1 fully saturated rings. The Bertz CT molecular complexity index is 730. The van der Waals surface area contributed by atoms with E-state index < -0.39 is 11.2 Å². The lowest BCUT2D eigenvalue weighted by Crippen LogP contribution is -2.64. The molecule has 27 heavy (non-hydrogen) atoms. The van der Waals surface area contributed by atoms with Crippen LogP contribution in [0.4, 0.5) is 4.79 Å². The van der Waals surface area contributed by atoms with Crippen molar-refractivity contribution in [1.29, 1.82) is 0 Å².